The number of benzene rings is 3. The number of barbiturate groups is 1. The number of amides is 4. The summed E-state index contributed by atoms with van der Waals surface area (Å²) in [5, 5.41) is 13.1. The molecule has 1 aliphatic rings. The lowest BCUT2D eigenvalue weighted by Crippen LogP contribution is -2.54. The van der Waals surface area contributed by atoms with Gasteiger partial charge in [0.15, 0.2) is 0 Å². The second kappa shape index (κ2) is 9.74. The number of carbonyl (C=O) groups excluding carboxylic acids is 3. The average molecular weight is 496 g/mol. The number of imide groups is 2. The van der Waals surface area contributed by atoms with Crippen LogP contribution in [0.25, 0.3) is 6.08 Å². The number of hydrogen-bond acceptors (Lipinski definition) is 6. The highest BCUT2D eigenvalue weighted by Gasteiger charge is 2.37. The molecule has 176 valence electrons. The Labute approximate surface area is 202 Å². The topological polar surface area (TPSA) is 119 Å². The zero-order valence-corrected chi connectivity index (χ0v) is 18.5. The third kappa shape index (κ3) is 5.17. The highest BCUT2D eigenvalue weighted by atomic mass is 35.5. The van der Waals surface area contributed by atoms with E-state index in [1.165, 1.54) is 36.4 Å². The number of anilines is 1. The van der Waals surface area contributed by atoms with Crippen LogP contribution >= 0.6 is 11.6 Å². The lowest BCUT2D eigenvalue weighted by molar-refractivity contribution is -0.384. The zero-order chi connectivity index (χ0) is 25.1. The molecular weight excluding hydrogens is 481 g/mol. The van der Waals surface area contributed by atoms with Crippen LogP contribution in [0.2, 0.25) is 5.02 Å². The first-order chi connectivity index (χ1) is 16.7. The maximum Gasteiger partial charge on any atom is 0.335 e. The lowest BCUT2D eigenvalue weighted by atomic mass is 10.1. The maximum atomic E-state index is 13.0. The molecule has 0 atom stereocenters. The van der Waals surface area contributed by atoms with Crippen LogP contribution < -0.4 is 15.0 Å². The Hall–Kier alpha value is -4.57. The summed E-state index contributed by atoms with van der Waals surface area (Å²) in [4.78, 5) is 48.5. The molecule has 0 unspecified atom stereocenters. The van der Waals surface area contributed by atoms with E-state index in [0.29, 0.717) is 16.2 Å². The number of non-ortho nitro benzene ring substituents is 1. The van der Waals surface area contributed by atoms with Gasteiger partial charge in [0.05, 0.1) is 15.6 Å². The number of nitro benzene ring substituents is 1. The summed E-state index contributed by atoms with van der Waals surface area (Å²) < 4.78 is 18.7. The largest absolute Gasteiger partial charge is 0.487 e. The van der Waals surface area contributed by atoms with Crippen LogP contribution in [0.3, 0.4) is 0 Å². The number of nitro groups is 1. The third-order valence-corrected chi connectivity index (χ3v) is 5.29. The number of carbonyl (C=O) groups is 3. The average Bonchev–Trinajstić information content (AvgIpc) is 2.82. The van der Waals surface area contributed by atoms with Crippen molar-refractivity contribution in [3.8, 4) is 5.75 Å². The predicted molar refractivity (Wildman–Crippen MR) is 124 cm³/mol. The Kier molecular flexibility index (Phi) is 6.56. The molecular formula is C24H15ClFN3O6. The van der Waals surface area contributed by atoms with E-state index in [2.05, 4.69) is 5.32 Å². The molecule has 4 amide bonds. The van der Waals surface area contributed by atoms with Crippen LogP contribution in [-0.2, 0) is 16.2 Å². The van der Waals surface area contributed by atoms with Crippen LogP contribution in [0.1, 0.15) is 11.1 Å². The summed E-state index contributed by atoms with van der Waals surface area (Å²) in [6, 6.07) is 14.1. The normalized spacial score (nSPS) is 14.7. The van der Waals surface area contributed by atoms with Gasteiger partial charge in [0.2, 0.25) is 0 Å². The van der Waals surface area contributed by atoms with Crippen LogP contribution in [-0.4, -0.2) is 22.8 Å². The molecule has 0 aromatic heterocycles. The van der Waals surface area contributed by atoms with E-state index in [0.717, 1.165) is 17.7 Å². The molecule has 0 aliphatic carbocycles. The van der Waals surface area contributed by atoms with Crippen LogP contribution in [0, 0.1) is 15.9 Å². The van der Waals surface area contributed by atoms with Gasteiger partial charge < -0.3 is 4.74 Å². The van der Waals surface area contributed by atoms with Gasteiger partial charge in [-0.3, -0.25) is 25.0 Å². The molecule has 11 heteroatoms. The molecule has 1 heterocycles. The fourth-order valence-corrected chi connectivity index (χ4v) is 3.49. The molecule has 35 heavy (non-hydrogen) atoms. The molecule has 1 aliphatic heterocycles. The quantitative estimate of drug-likeness (QED) is 0.230. The van der Waals surface area contributed by atoms with E-state index in [4.69, 9.17) is 16.3 Å². The number of nitrogens with zero attached hydrogens (tertiary/aromatic N) is 2. The number of urea groups is 1. The van der Waals surface area contributed by atoms with Gasteiger partial charge >= 0.3 is 6.03 Å². The van der Waals surface area contributed by atoms with E-state index in [9.17, 15) is 28.9 Å². The first-order valence-electron chi connectivity index (χ1n) is 10.1. The van der Waals surface area contributed by atoms with Gasteiger partial charge in [-0.15, -0.1) is 0 Å². The number of ether oxygens (including phenoxy) is 1. The Morgan fingerprint density at radius 2 is 1.71 bits per heavy atom. The Balaban J connectivity index is 1.55. The molecule has 0 spiro atoms. The minimum absolute atomic E-state index is 0.0547. The molecule has 9 nitrogen and oxygen atoms in total. The standard InChI is InChI=1S/C24H15ClFN3O6/c25-20-12-15(3-10-21(20)35-13-14-1-4-16(26)5-2-14)11-19-22(30)27-24(32)28(23(19)31)17-6-8-18(9-7-17)29(33)34/h1-12H,13H2,(H,27,30,32)/b19-11-. The smallest absolute Gasteiger partial charge is 0.335 e. The summed E-state index contributed by atoms with van der Waals surface area (Å²) >= 11 is 6.28. The second-order valence-electron chi connectivity index (χ2n) is 7.34. The molecule has 1 fully saturated rings. The molecule has 1 saturated heterocycles. The van der Waals surface area contributed by atoms with Gasteiger partial charge in [0.25, 0.3) is 17.5 Å². The minimum Gasteiger partial charge on any atom is -0.487 e. The molecule has 0 saturated carbocycles. The fraction of sp³-hybridized carbons (Fsp3) is 0.0417. The maximum absolute atomic E-state index is 13.0. The summed E-state index contributed by atoms with van der Waals surface area (Å²) in [5.74, 6) is -1.83. The van der Waals surface area contributed by atoms with Crippen molar-refractivity contribution in [2.75, 3.05) is 4.90 Å². The van der Waals surface area contributed by atoms with E-state index in [1.807, 2.05) is 0 Å². The van der Waals surface area contributed by atoms with E-state index in [1.54, 1.807) is 24.3 Å². The highest BCUT2D eigenvalue weighted by Crippen LogP contribution is 2.29. The molecule has 3 aromatic carbocycles. The van der Waals surface area contributed by atoms with Crippen LogP contribution in [0.4, 0.5) is 20.6 Å². The Morgan fingerprint density at radius 1 is 1.03 bits per heavy atom. The summed E-state index contributed by atoms with van der Waals surface area (Å²) in [6.07, 6.45) is 1.26. The van der Waals surface area contributed by atoms with Gasteiger partial charge in [-0.2, -0.15) is 0 Å². The molecule has 3 aromatic rings. The van der Waals surface area contributed by atoms with Crippen molar-refractivity contribution in [3.05, 3.63) is 104 Å². The van der Waals surface area contributed by atoms with Gasteiger partial charge in [0, 0.05) is 12.1 Å². The van der Waals surface area contributed by atoms with Crippen molar-refractivity contribution < 1.29 is 28.4 Å². The molecule has 0 radical (unpaired) electrons. The van der Waals surface area contributed by atoms with Gasteiger partial charge in [-0.25, -0.2) is 14.1 Å². The SMILES string of the molecule is O=C1NC(=O)N(c2ccc([N+](=O)[O-])cc2)C(=O)/C1=C\c1ccc(OCc2ccc(F)cc2)c(Cl)c1. The number of rotatable bonds is 6. The Bertz CT molecular complexity index is 1370. The van der Waals surface area contributed by atoms with E-state index < -0.39 is 22.8 Å². The van der Waals surface area contributed by atoms with Crippen molar-refractivity contribution in [2.45, 2.75) is 6.61 Å². The number of nitrogens with one attached hydrogen (secondary N) is 1. The number of halogens is 2. The second-order valence-corrected chi connectivity index (χ2v) is 7.74. The van der Waals surface area contributed by atoms with Crippen molar-refractivity contribution in [3.63, 3.8) is 0 Å². The summed E-state index contributed by atoms with van der Waals surface area (Å²) in [5.41, 5.74) is 0.620. The van der Waals surface area contributed by atoms with Crippen LogP contribution in [0.5, 0.6) is 5.75 Å². The predicted octanol–water partition coefficient (Wildman–Crippen LogP) is 4.63. The molecule has 4 rings (SSSR count). The highest BCUT2D eigenvalue weighted by molar-refractivity contribution is 6.39. The van der Waals surface area contributed by atoms with Crippen LogP contribution in [0.15, 0.2) is 72.3 Å². The van der Waals surface area contributed by atoms with Crippen molar-refractivity contribution in [1.29, 1.82) is 0 Å². The molecule has 0 bridgehead atoms. The zero-order valence-electron chi connectivity index (χ0n) is 17.7. The van der Waals surface area contributed by atoms with Gasteiger partial charge in [-0.05, 0) is 53.6 Å². The van der Waals surface area contributed by atoms with Gasteiger partial charge in [-0.1, -0.05) is 29.8 Å². The molecule has 1 N–H and O–H groups in total. The van der Waals surface area contributed by atoms with Crippen molar-refractivity contribution in [2.24, 2.45) is 0 Å². The lowest BCUT2D eigenvalue weighted by Gasteiger charge is -2.26. The summed E-state index contributed by atoms with van der Waals surface area (Å²) in [7, 11) is 0. The fourth-order valence-electron chi connectivity index (χ4n) is 3.25. The monoisotopic (exact) mass is 495 g/mol. The first-order valence-corrected chi connectivity index (χ1v) is 10.4. The summed E-state index contributed by atoms with van der Waals surface area (Å²) in [6.45, 7) is 0.146. The van der Waals surface area contributed by atoms with Crippen molar-refractivity contribution in [1.82, 2.24) is 5.32 Å². The van der Waals surface area contributed by atoms with Crippen molar-refractivity contribution >= 4 is 46.9 Å². The Morgan fingerprint density at radius 3 is 2.34 bits per heavy atom. The third-order valence-electron chi connectivity index (χ3n) is 4.99. The number of hydrogen-bond donors (Lipinski definition) is 1. The van der Waals surface area contributed by atoms with E-state index in [-0.39, 0.29) is 34.4 Å². The van der Waals surface area contributed by atoms with E-state index >= 15 is 0 Å². The first kappa shape index (κ1) is 23.6. The van der Waals surface area contributed by atoms with Gasteiger partial charge in [0.1, 0.15) is 23.7 Å². The minimum atomic E-state index is -0.978.